The Bertz CT molecular complexity index is 516. The summed E-state index contributed by atoms with van der Waals surface area (Å²) in [6.45, 7) is 0.795. The second kappa shape index (κ2) is 6.26. The Hall–Kier alpha value is -0.880. The first kappa shape index (κ1) is 14.1. The molecular formula is C14H18N2O2S2. The average molecular weight is 310 g/mol. The van der Waals surface area contributed by atoms with Crippen LogP contribution in [0.5, 0.6) is 0 Å². The average Bonchev–Trinajstić information content (AvgIpc) is 2.92. The zero-order valence-corrected chi connectivity index (χ0v) is 12.9. The highest BCUT2D eigenvalue weighted by atomic mass is 32.2. The number of hydrogen-bond acceptors (Lipinski definition) is 5. The maximum atomic E-state index is 11.4. The first-order valence-electron chi connectivity index (χ1n) is 6.93. The van der Waals surface area contributed by atoms with E-state index in [1.54, 1.807) is 0 Å². The van der Waals surface area contributed by atoms with Gasteiger partial charge in [0.25, 0.3) is 0 Å². The quantitative estimate of drug-likeness (QED) is 0.891. The van der Waals surface area contributed by atoms with Crippen molar-refractivity contribution in [2.75, 3.05) is 29.1 Å². The van der Waals surface area contributed by atoms with Gasteiger partial charge in [0.2, 0.25) is 0 Å². The summed E-state index contributed by atoms with van der Waals surface area (Å²) < 4.78 is 0. The van der Waals surface area contributed by atoms with Crippen LogP contribution in [0.4, 0.5) is 5.82 Å². The summed E-state index contributed by atoms with van der Waals surface area (Å²) in [5.74, 6) is 3.19. The molecule has 0 aromatic carbocycles. The summed E-state index contributed by atoms with van der Waals surface area (Å²) in [6.07, 6.45) is 3.01. The molecule has 3 rings (SSSR count). The molecule has 2 aliphatic rings. The first-order chi connectivity index (χ1) is 9.74. The molecule has 2 N–H and O–H groups in total. The Morgan fingerprint density at radius 3 is 3.10 bits per heavy atom. The molecule has 0 spiro atoms. The van der Waals surface area contributed by atoms with Gasteiger partial charge in [-0.05, 0) is 30.9 Å². The van der Waals surface area contributed by atoms with Crippen LogP contribution in [0.1, 0.15) is 28.0 Å². The highest BCUT2D eigenvalue weighted by Crippen LogP contribution is 2.27. The monoisotopic (exact) mass is 310 g/mol. The van der Waals surface area contributed by atoms with Gasteiger partial charge in [-0.15, -0.1) is 0 Å². The molecule has 1 aromatic heterocycles. The molecule has 1 aliphatic carbocycles. The highest BCUT2D eigenvalue weighted by molar-refractivity contribution is 8.06. The Kier molecular flexibility index (Phi) is 4.41. The zero-order valence-electron chi connectivity index (χ0n) is 11.2. The summed E-state index contributed by atoms with van der Waals surface area (Å²) >= 11 is 3.93. The van der Waals surface area contributed by atoms with Crippen molar-refractivity contribution in [1.29, 1.82) is 0 Å². The van der Waals surface area contributed by atoms with Gasteiger partial charge in [0, 0.05) is 34.7 Å². The number of nitrogens with zero attached hydrogens (tertiary/aromatic N) is 1. The van der Waals surface area contributed by atoms with Gasteiger partial charge in [-0.25, -0.2) is 9.78 Å². The number of fused-ring (bicyclic) bond motifs is 1. The van der Waals surface area contributed by atoms with Crippen LogP contribution in [0.3, 0.4) is 0 Å². The number of nitrogens with one attached hydrogen (secondary N) is 1. The molecule has 4 nitrogen and oxygen atoms in total. The SMILES string of the molecule is O=C(O)c1cc2c(nc1NCC1CSCCS1)CCC2. The van der Waals surface area contributed by atoms with E-state index in [4.69, 9.17) is 0 Å². The van der Waals surface area contributed by atoms with Crippen LogP contribution >= 0.6 is 23.5 Å². The number of carboxylic acid groups (broad SMARTS) is 1. The number of aryl methyl sites for hydroxylation is 2. The van der Waals surface area contributed by atoms with E-state index in [0.29, 0.717) is 16.6 Å². The molecule has 0 saturated carbocycles. The summed E-state index contributed by atoms with van der Waals surface area (Å²) in [4.78, 5) is 15.9. The van der Waals surface area contributed by atoms with E-state index >= 15 is 0 Å². The molecule has 1 aromatic rings. The predicted octanol–water partition coefficient (Wildman–Crippen LogP) is 2.53. The van der Waals surface area contributed by atoms with Crippen molar-refractivity contribution < 1.29 is 9.90 Å². The van der Waals surface area contributed by atoms with Crippen LogP contribution in [0.25, 0.3) is 0 Å². The summed E-state index contributed by atoms with van der Waals surface area (Å²) in [5.41, 5.74) is 2.50. The minimum absolute atomic E-state index is 0.319. The minimum atomic E-state index is -0.889. The third kappa shape index (κ3) is 3.06. The van der Waals surface area contributed by atoms with Crippen LogP contribution < -0.4 is 5.32 Å². The van der Waals surface area contributed by atoms with Gasteiger partial charge in [-0.1, -0.05) is 0 Å². The van der Waals surface area contributed by atoms with Gasteiger partial charge < -0.3 is 10.4 Å². The van der Waals surface area contributed by atoms with Gasteiger partial charge in [0.05, 0.1) is 0 Å². The topological polar surface area (TPSA) is 62.2 Å². The lowest BCUT2D eigenvalue weighted by Crippen LogP contribution is -2.24. The van der Waals surface area contributed by atoms with Gasteiger partial charge >= 0.3 is 5.97 Å². The number of rotatable bonds is 4. The fraction of sp³-hybridized carbons (Fsp3) is 0.571. The zero-order chi connectivity index (χ0) is 13.9. The van der Waals surface area contributed by atoms with Crippen molar-refractivity contribution in [3.63, 3.8) is 0 Å². The van der Waals surface area contributed by atoms with Crippen LogP contribution in [0.15, 0.2) is 6.07 Å². The number of hydrogen-bond donors (Lipinski definition) is 2. The van der Waals surface area contributed by atoms with Crippen LogP contribution in [-0.4, -0.2) is 45.1 Å². The second-order valence-corrected chi connectivity index (χ2v) is 7.66. The smallest absolute Gasteiger partial charge is 0.339 e. The van der Waals surface area contributed by atoms with Crippen molar-refractivity contribution in [2.24, 2.45) is 0 Å². The van der Waals surface area contributed by atoms with Crippen molar-refractivity contribution in [3.8, 4) is 0 Å². The summed E-state index contributed by atoms with van der Waals surface area (Å²) in [5, 5.41) is 13.2. The molecule has 1 aliphatic heterocycles. The van der Waals surface area contributed by atoms with Crippen molar-refractivity contribution in [3.05, 3.63) is 22.9 Å². The number of aromatic carboxylic acids is 1. The molecule has 1 saturated heterocycles. The number of aromatic nitrogens is 1. The lowest BCUT2D eigenvalue weighted by Gasteiger charge is -2.22. The standard InChI is InChI=1S/C14H18N2O2S2/c17-14(18)11-6-9-2-1-3-12(9)16-13(11)15-7-10-8-19-4-5-20-10/h6,10H,1-5,7-8H2,(H,15,16)(H,17,18). The van der Waals surface area contributed by atoms with E-state index in [1.165, 1.54) is 11.5 Å². The van der Waals surface area contributed by atoms with Crippen molar-refractivity contribution in [1.82, 2.24) is 4.98 Å². The Morgan fingerprint density at radius 2 is 2.35 bits per heavy atom. The third-order valence-corrected chi connectivity index (χ3v) is 6.51. The lowest BCUT2D eigenvalue weighted by molar-refractivity contribution is 0.0697. The minimum Gasteiger partial charge on any atom is -0.478 e. The van der Waals surface area contributed by atoms with E-state index in [1.807, 2.05) is 29.6 Å². The molecule has 1 fully saturated rings. The van der Waals surface area contributed by atoms with E-state index in [2.05, 4.69) is 10.3 Å². The summed E-state index contributed by atoms with van der Waals surface area (Å²) in [6, 6.07) is 1.81. The van der Waals surface area contributed by atoms with Gasteiger partial charge in [-0.2, -0.15) is 23.5 Å². The molecule has 0 bridgehead atoms. The molecule has 20 heavy (non-hydrogen) atoms. The molecule has 2 heterocycles. The first-order valence-corrected chi connectivity index (χ1v) is 9.13. The largest absolute Gasteiger partial charge is 0.478 e. The molecule has 108 valence electrons. The van der Waals surface area contributed by atoms with E-state index in [9.17, 15) is 9.90 Å². The van der Waals surface area contributed by atoms with Crippen LogP contribution in [0.2, 0.25) is 0 Å². The third-order valence-electron chi connectivity index (χ3n) is 3.66. The molecule has 0 radical (unpaired) electrons. The van der Waals surface area contributed by atoms with Crippen molar-refractivity contribution in [2.45, 2.75) is 24.5 Å². The van der Waals surface area contributed by atoms with E-state index in [0.717, 1.165) is 42.8 Å². The molecule has 1 unspecified atom stereocenters. The molecule has 6 heteroatoms. The number of pyridine rings is 1. The molecule has 1 atom stereocenters. The van der Waals surface area contributed by atoms with E-state index < -0.39 is 5.97 Å². The Labute approximate surface area is 127 Å². The fourth-order valence-corrected chi connectivity index (χ4v) is 5.25. The van der Waals surface area contributed by atoms with E-state index in [-0.39, 0.29) is 0 Å². The van der Waals surface area contributed by atoms with Crippen LogP contribution in [-0.2, 0) is 12.8 Å². The summed E-state index contributed by atoms with van der Waals surface area (Å²) in [7, 11) is 0. The Balaban J connectivity index is 1.75. The normalized spacial score (nSPS) is 21.5. The number of anilines is 1. The number of carboxylic acids is 1. The second-order valence-electron chi connectivity index (χ2n) is 5.10. The Morgan fingerprint density at radius 1 is 1.45 bits per heavy atom. The maximum Gasteiger partial charge on any atom is 0.339 e. The molecule has 0 amide bonds. The number of carbonyl (C=O) groups is 1. The lowest BCUT2D eigenvalue weighted by atomic mass is 10.1. The van der Waals surface area contributed by atoms with Crippen molar-refractivity contribution >= 4 is 35.3 Å². The van der Waals surface area contributed by atoms with Gasteiger partial charge in [-0.3, -0.25) is 0 Å². The number of thioether (sulfide) groups is 2. The highest BCUT2D eigenvalue weighted by Gasteiger charge is 2.21. The fourth-order valence-electron chi connectivity index (χ4n) is 2.63. The van der Waals surface area contributed by atoms with Crippen LogP contribution in [0, 0.1) is 0 Å². The predicted molar refractivity (Wildman–Crippen MR) is 85.3 cm³/mol. The van der Waals surface area contributed by atoms with Gasteiger partial charge in [0.1, 0.15) is 11.4 Å². The maximum absolute atomic E-state index is 11.4. The van der Waals surface area contributed by atoms with Gasteiger partial charge in [0.15, 0.2) is 0 Å². The molecular weight excluding hydrogens is 292 g/mol.